The number of fused-ring (bicyclic) bond motifs is 3. The second-order valence-electron chi connectivity index (χ2n) is 4.47. The van der Waals surface area contributed by atoms with Gasteiger partial charge in [-0.25, -0.2) is 0 Å². The summed E-state index contributed by atoms with van der Waals surface area (Å²) in [7, 11) is 0. The predicted molar refractivity (Wildman–Crippen MR) is 67.4 cm³/mol. The number of para-hydroxylation sites is 1. The quantitative estimate of drug-likeness (QED) is 0.727. The molecule has 0 fully saturated rings. The summed E-state index contributed by atoms with van der Waals surface area (Å²) in [5.74, 6) is 0.688. The highest BCUT2D eigenvalue weighted by molar-refractivity contribution is 9.10. The second-order valence-corrected chi connectivity index (χ2v) is 5.33. The highest BCUT2D eigenvalue weighted by Crippen LogP contribution is 2.37. The van der Waals surface area contributed by atoms with Gasteiger partial charge in [-0.15, -0.1) is 0 Å². The van der Waals surface area contributed by atoms with E-state index in [0.717, 1.165) is 0 Å². The summed E-state index contributed by atoms with van der Waals surface area (Å²) < 4.78 is 1.18. The standard InChI is InChI=1S/C13H14BrN/c1-8-4-2-5-9-10-6-3-7-11(14)13(10)15-12(8)9/h3,6-8,15H,2,4-5H2,1H3. The van der Waals surface area contributed by atoms with Crippen LogP contribution in [-0.2, 0) is 6.42 Å². The van der Waals surface area contributed by atoms with Crippen molar-refractivity contribution in [1.82, 2.24) is 4.98 Å². The summed E-state index contributed by atoms with van der Waals surface area (Å²) >= 11 is 3.61. The highest BCUT2D eigenvalue weighted by Gasteiger charge is 2.21. The fraction of sp³-hybridized carbons (Fsp3) is 0.385. The number of H-pyrrole nitrogens is 1. The van der Waals surface area contributed by atoms with Crippen molar-refractivity contribution in [2.75, 3.05) is 0 Å². The summed E-state index contributed by atoms with van der Waals surface area (Å²) in [6.07, 6.45) is 3.88. The molecule has 1 unspecified atom stereocenters. The van der Waals surface area contributed by atoms with Gasteiger partial charge in [-0.2, -0.15) is 0 Å². The molecule has 1 nitrogen and oxygen atoms in total. The Balaban J connectivity index is 2.35. The van der Waals surface area contributed by atoms with Crippen LogP contribution in [0.25, 0.3) is 10.9 Å². The number of rotatable bonds is 0. The van der Waals surface area contributed by atoms with E-state index in [-0.39, 0.29) is 0 Å². The van der Waals surface area contributed by atoms with Crippen LogP contribution in [0.5, 0.6) is 0 Å². The average Bonchev–Trinajstić information content (AvgIpc) is 2.60. The average molecular weight is 264 g/mol. The summed E-state index contributed by atoms with van der Waals surface area (Å²) in [4.78, 5) is 3.59. The van der Waals surface area contributed by atoms with Crippen LogP contribution < -0.4 is 0 Å². The SMILES string of the molecule is CC1CCCc2c1[nH]c1c(Br)cccc21. The van der Waals surface area contributed by atoms with Crippen LogP contribution in [-0.4, -0.2) is 4.98 Å². The van der Waals surface area contributed by atoms with E-state index in [0.29, 0.717) is 5.92 Å². The zero-order chi connectivity index (χ0) is 10.4. The number of nitrogens with one attached hydrogen (secondary N) is 1. The Kier molecular flexibility index (Phi) is 2.13. The smallest absolute Gasteiger partial charge is 0.0603 e. The number of aromatic amines is 1. The van der Waals surface area contributed by atoms with Gasteiger partial charge in [0.2, 0.25) is 0 Å². The first-order valence-electron chi connectivity index (χ1n) is 5.56. The molecule has 0 saturated carbocycles. The van der Waals surface area contributed by atoms with Crippen LogP contribution in [0.1, 0.15) is 36.9 Å². The lowest BCUT2D eigenvalue weighted by atomic mass is 9.88. The topological polar surface area (TPSA) is 15.8 Å². The third-order valence-electron chi connectivity index (χ3n) is 3.48. The van der Waals surface area contributed by atoms with Crippen LogP contribution in [0.4, 0.5) is 0 Å². The van der Waals surface area contributed by atoms with Gasteiger partial charge in [0.05, 0.1) is 5.52 Å². The summed E-state index contributed by atoms with van der Waals surface area (Å²) in [6, 6.07) is 6.46. The summed E-state index contributed by atoms with van der Waals surface area (Å²) in [5.41, 5.74) is 4.28. The Morgan fingerprint density at radius 3 is 3.13 bits per heavy atom. The fourth-order valence-corrected chi connectivity index (χ4v) is 3.14. The summed E-state index contributed by atoms with van der Waals surface area (Å²) in [6.45, 7) is 2.32. The van der Waals surface area contributed by atoms with Crippen molar-refractivity contribution in [1.29, 1.82) is 0 Å². The molecule has 1 N–H and O–H groups in total. The summed E-state index contributed by atoms with van der Waals surface area (Å²) in [5, 5.41) is 1.41. The molecule has 2 aromatic rings. The highest BCUT2D eigenvalue weighted by atomic mass is 79.9. The Bertz CT molecular complexity index is 512. The molecule has 1 aliphatic rings. The van der Waals surface area contributed by atoms with Gasteiger partial charge in [-0.1, -0.05) is 19.1 Å². The van der Waals surface area contributed by atoms with Gasteiger partial charge in [0.25, 0.3) is 0 Å². The molecule has 0 bridgehead atoms. The van der Waals surface area contributed by atoms with Gasteiger partial charge in [0.15, 0.2) is 0 Å². The molecule has 0 saturated heterocycles. The molecule has 1 heterocycles. The number of aromatic nitrogens is 1. The lowest BCUT2D eigenvalue weighted by Crippen LogP contribution is -2.05. The van der Waals surface area contributed by atoms with Crippen molar-refractivity contribution in [2.24, 2.45) is 0 Å². The van der Waals surface area contributed by atoms with Gasteiger partial charge < -0.3 is 4.98 Å². The van der Waals surface area contributed by atoms with Gasteiger partial charge in [-0.3, -0.25) is 0 Å². The Morgan fingerprint density at radius 2 is 2.27 bits per heavy atom. The molecule has 15 heavy (non-hydrogen) atoms. The lowest BCUT2D eigenvalue weighted by Gasteiger charge is -2.18. The minimum absolute atomic E-state index is 0.688. The van der Waals surface area contributed by atoms with Gasteiger partial charge in [0.1, 0.15) is 0 Å². The normalized spacial score (nSPS) is 20.5. The molecule has 0 aliphatic heterocycles. The maximum absolute atomic E-state index is 3.61. The van der Waals surface area contributed by atoms with Crippen molar-refractivity contribution < 1.29 is 0 Å². The van der Waals surface area contributed by atoms with E-state index < -0.39 is 0 Å². The van der Waals surface area contributed by atoms with E-state index in [1.54, 1.807) is 5.56 Å². The molecule has 2 heteroatoms. The predicted octanol–water partition coefficient (Wildman–Crippen LogP) is 4.37. The zero-order valence-electron chi connectivity index (χ0n) is 8.81. The number of benzene rings is 1. The van der Waals surface area contributed by atoms with Crippen LogP contribution >= 0.6 is 15.9 Å². The number of hydrogen-bond donors (Lipinski definition) is 1. The minimum Gasteiger partial charge on any atom is -0.357 e. The van der Waals surface area contributed by atoms with Crippen molar-refractivity contribution >= 4 is 26.8 Å². The first-order valence-corrected chi connectivity index (χ1v) is 6.35. The van der Waals surface area contributed by atoms with Crippen molar-refractivity contribution in [3.8, 4) is 0 Å². The van der Waals surface area contributed by atoms with Crippen molar-refractivity contribution in [3.63, 3.8) is 0 Å². The van der Waals surface area contributed by atoms with E-state index in [1.165, 1.54) is 40.3 Å². The largest absolute Gasteiger partial charge is 0.357 e. The lowest BCUT2D eigenvalue weighted by molar-refractivity contribution is 0.582. The molecule has 1 aromatic heterocycles. The molecular weight excluding hydrogens is 250 g/mol. The van der Waals surface area contributed by atoms with E-state index in [2.05, 4.69) is 46.0 Å². The Labute approximate surface area is 98.0 Å². The van der Waals surface area contributed by atoms with E-state index >= 15 is 0 Å². The first-order chi connectivity index (χ1) is 7.27. The van der Waals surface area contributed by atoms with Crippen molar-refractivity contribution in [3.05, 3.63) is 33.9 Å². The molecule has 1 atom stereocenters. The Morgan fingerprint density at radius 1 is 1.40 bits per heavy atom. The van der Waals surface area contributed by atoms with Crippen LogP contribution in [0.3, 0.4) is 0 Å². The van der Waals surface area contributed by atoms with Crippen LogP contribution in [0, 0.1) is 0 Å². The van der Waals surface area contributed by atoms with E-state index in [1.807, 2.05) is 0 Å². The molecule has 0 amide bonds. The third kappa shape index (κ3) is 1.35. The maximum Gasteiger partial charge on any atom is 0.0603 e. The van der Waals surface area contributed by atoms with Crippen molar-refractivity contribution in [2.45, 2.75) is 32.1 Å². The molecule has 1 aliphatic carbocycles. The monoisotopic (exact) mass is 263 g/mol. The molecule has 0 radical (unpaired) electrons. The molecular formula is C13H14BrN. The molecule has 3 rings (SSSR count). The molecule has 78 valence electrons. The van der Waals surface area contributed by atoms with E-state index in [9.17, 15) is 0 Å². The van der Waals surface area contributed by atoms with Gasteiger partial charge in [-0.05, 0) is 52.7 Å². The van der Waals surface area contributed by atoms with Gasteiger partial charge >= 0.3 is 0 Å². The second kappa shape index (κ2) is 3.38. The Hall–Kier alpha value is -0.760. The van der Waals surface area contributed by atoms with E-state index in [4.69, 9.17) is 0 Å². The minimum atomic E-state index is 0.688. The first kappa shape index (κ1) is 9.46. The zero-order valence-corrected chi connectivity index (χ0v) is 10.4. The number of aryl methyl sites for hydroxylation is 1. The third-order valence-corrected chi connectivity index (χ3v) is 4.14. The maximum atomic E-state index is 3.61. The fourth-order valence-electron chi connectivity index (χ4n) is 2.68. The molecule has 0 spiro atoms. The number of halogens is 1. The number of hydrogen-bond acceptors (Lipinski definition) is 0. The van der Waals surface area contributed by atoms with Crippen LogP contribution in [0.15, 0.2) is 22.7 Å². The van der Waals surface area contributed by atoms with Crippen LogP contribution in [0.2, 0.25) is 0 Å². The van der Waals surface area contributed by atoms with Gasteiger partial charge in [0, 0.05) is 15.6 Å². The molecule has 1 aromatic carbocycles.